The van der Waals surface area contributed by atoms with E-state index in [1.54, 1.807) is 25.1 Å². The molecular weight excluding hydrogens is 340 g/mol. The molecule has 0 atom stereocenters. The SMILES string of the molecule is Cc1nn(-c2ccc(F)c(C#N)c2)c2c(F)c(Br)ccc12. The van der Waals surface area contributed by atoms with E-state index in [2.05, 4.69) is 21.0 Å². The molecule has 0 saturated heterocycles. The molecule has 0 amide bonds. The summed E-state index contributed by atoms with van der Waals surface area (Å²) in [5.74, 6) is -1.06. The Balaban J connectivity index is 2.36. The van der Waals surface area contributed by atoms with E-state index in [-0.39, 0.29) is 11.1 Å². The molecule has 104 valence electrons. The highest BCUT2D eigenvalue weighted by molar-refractivity contribution is 9.10. The van der Waals surface area contributed by atoms with Crippen LogP contribution in [0.4, 0.5) is 8.78 Å². The molecule has 3 rings (SSSR count). The molecule has 21 heavy (non-hydrogen) atoms. The highest BCUT2D eigenvalue weighted by Gasteiger charge is 2.16. The first-order chi connectivity index (χ1) is 10.0. The Morgan fingerprint density at radius 3 is 2.71 bits per heavy atom. The van der Waals surface area contributed by atoms with Gasteiger partial charge < -0.3 is 0 Å². The average Bonchev–Trinajstić information content (AvgIpc) is 2.81. The molecule has 0 bridgehead atoms. The summed E-state index contributed by atoms with van der Waals surface area (Å²) < 4.78 is 29.5. The monoisotopic (exact) mass is 347 g/mol. The number of fused-ring (bicyclic) bond motifs is 1. The van der Waals surface area contributed by atoms with Gasteiger partial charge in [-0.3, -0.25) is 0 Å². The number of rotatable bonds is 1. The number of nitriles is 1. The van der Waals surface area contributed by atoms with Crippen molar-refractivity contribution in [3.8, 4) is 11.8 Å². The molecule has 3 aromatic rings. The van der Waals surface area contributed by atoms with Crippen molar-refractivity contribution in [3.63, 3.8) is 0 Å². The predicted molar refractivity (Wildman–Crippen MR) is 78.1 cm³/mol. The first-order valence-electron chi connectivity index (χ1n) is 6.06. The first kappa shape index (κ1) is 13.7. The van der Waals surface area contributed by atoms with Crippen molar-refractivity contribution in [1.29, 1.82) is 5.26 Å². The van der Waals surface area contributed by atoms with E-state index in [0.29, 0.717) is 21.2 Å². The molecule has 0 fully saturated rings. The Labute approximate surface area is 127 Å². The van der Waals surface area contributed by atoms with Crippen LogP contribution in [0.25, 0.3) is 16.6 Å². The van der Waals surface area contributed by atoms with Crippen LogP contribution in [0.2, 0.25) is 0 Å². The molecule has 0 saturated carbocycles. The maximum Gasteiger partial charge on any atom is 0.163 e. The van der Waals surface area contributed by atoms with E-state index in [9.17, 15) is 8.78 Å². The topological polar surface area (TPSA) is 41.6 Å². The lowest BCUT2D eigenvalue weighted by Crippen LogP contribution is -2.00. The highest BCUT2D eigenvalue weighted by atomic mass is 79.9. The number of benzene rings is 2. The third-order valence-electron chi connectivity index (χ3n) is 3.24. The maximum absolute atomic E-state index is 14.4. The number of aromatic nitrogens is 2. The summed E-state index contributed by atoms with van der Waals surface area (Å²) >= 11 is 3.14. The van der Waals surface area contributed by atoms with E-state index in [4.69, 9.17) is 5.26 Å². The Hall–Kier alpha value is -2.26. The molecule has 0 N–H and O–H groups in total. The Morgan fingerprint density at radius 1 is 1.24 bits per heavy atom. The van der Waals surface area contributed by atoms with Gasteiger partial charge in [0.1, 0.15) is 17.4 Å². The first-order valence-corrected chi connectivity index (χ1v) is 6.85. The van der Waals surface area contributed by atoms with E-state index in [0.717, 1.165) is 0 Å². The van der Waals surface area contributed by atoms with Gasteiger partial charge in [-0.1, -0.05) is 0 Å². The zero-order valence-electron chi connectivity index (χ0n) is 10.9. The molecule has 0 aliphatic carbocycles. The molecule has 3 nitrogen and oxygen atoms in total. The normalized spacial score (nSPS) is 10.8. The molecular formula is C15H8BrF2N3. The summed E-state index contributed by atoms with van der Waals surface area (Å²) in [5, 5.41) is 13.9. The second-order valence-electron chi connectivity index (χ2n) is 4.53. The fraction of sp³-hybridized carbons (Fsp3) is 0.0667. The van der Waals surface area contributed by atoms with Gasteiger partial charge in [0, 0.05) is 5.39 Å². The fourth-order valence-corrected chi connectivity index (χ4v) is 2.53. The number of aryl methyl sites for hydroxylation is 1. The van der Waals surface area contributed by atoms with E-state index >= 15 is 0 Å². The van der Waals surface area contributed by atoms with Crippen molar-refractivity contribution < 1.29 is 8.78 Å². The lowest BCUT2D eigenvalue weighted by molar-refractivity contribution is 0.621. The minimum atomic E-state index is -0.615. The summed E-state index contributed by atoms with van der Waals surface area (Å²) in [7, 11) is 0. The molecule has 0 spiro atoms. The van der Waals surface area contributed by atoms with Crippen LogP contribution in [0.15, 0.2) is 34.8 Å². The maximum atomic E-state index is 14.4. The largest absolute Gasteiger partial charge is 0.230 e. The predicted octanol–water partition coefficient (Wildman–Crippen LogP) is 4.25. The van der Waals surface area contributed by atoms with Crippen LogP contribution in [0.5, 0.6) is 0 Å². The minimum absolute atomic E-state index is 0.107. The van der Waals surface area contributed by atoms with Crippen LogP contribution < -0.4 is 0 Å². The molecule has 0 radical (unpaired) electrons. The minimum Gasteiger partial charge on any atom is -0.230 e. The van der Waals surface area contributed by atoms with Crippen LogP contribution in [0, 0.1) is 29.9 Å². The molecule has 1 aromatic heterocycles. The Morgan fingerprint density at radius 2 is 2.00 bits per heavy atom. The van der Waals surface area contributed by atoms with E-state index in [1.807, 2.05) is 0 Å². The highest BCUT2D eigenvalue weighted by Crippen LogP contribution is 2.29. The lowest BCUT2D eigenvalue weighted by Gasteiger charge is -2.06. The van der Waals surface area contributed by atoms with Gasteiger partial charge in [0.25, 0.3) is 0 Å². The van der Waals surface area contributed by atoms with Crippen LogP contribution in [0.1, 0.15) is 11.3 Å². The standard InChI is InChI=1S/C15H8BrF2N3/c1-8-11-3-4-12(16)14(18)15(11)21(20-8)10-2-5-13(17)9(6-10)7-19/h2-6H,1H3. The van der Waals surface area contributed by atoms with Gasteiger partial charge in [0.2, 0.25) is 0 Å². The summed E-state index contributed by atoms with van der Waals surface area (Å²) in [6.45, 7) is 1.76. The zero-order valence-corrected chi connectivity index (χ0v) is 12.4. The molecule has 0 unspecified atom stereocenters. The van der Waals surface area contributed by atoms with Crippen molar-refractivity contribution in [1.82, 2.24) is 9.78 Å². The van der Waals surface area contributed by atoms with Crippen LogP contribution >= 0.6 is 15.9 Å². The lowest BCUT2D eigenvalue weighted by atomic mass is 10.2. The average molecular weight is 348 g/mol. The van der Waals surface area contributed by atoms with E-state index < -0.39 is 11.6 Å². The van der Waals surface area contributed by atoms with Gasteiger partial charge in [0.05, 0.1) is 21.4 Å². The van der Waals surface area contributed by atoms with Crippen molar-refractivity contribution >= 4 is 26.8 Å². The van der Waals surface area contributed by atoms with Crippen LogP contribution in [0.3, 0.4) is 0 Å². The third kappa shape index (κ3) is 2.10. The van der Waals surface area contributed by atoms with Crippen LogP contribution in [-0.2, 0) is 0 Å². The third-order valence-corrected chi connectivity index (χ3v) is 3.85. The molecule has 6 heteroatoms. The fourth-order valence-electron chi connectivity index (χ4n) is 2.21. The quantitative estimate of drug-likeness (QED) is 0.660. The molecule has 2 aromatic carbocycles. The second-order valence-corrected chi connectivity index (χ2v) is 5.39. The van der Waals surface area contributed by atoms with Gasteiger partial charge >= 0.3 is 0 Å². The Bertz CT molecular complexity index is 909. The number of hydrogen-bond acceptors (Lipinski definition) is 2. The summed E-state index contributed by atoms with van der Waals surface area (Å²) in [6.07, 6.45) is 0. The summed E-state index contributed by atoms with van der Waals surface area (Å²) in [6, 6.07) is 9.12. The Kier molecular flexibility index (Phi) is 3.22. The zero-order chi connectivity index (χ0) is 15.1. The van der Waals surface area contributed by atoms with Gasteiger partial charge in [-0.15, -0.1) is 0 Å². The van der Waals surface area contributed by atoms with Crippen molar-refractivity contribution in [3.05, 3.63) is 57.7 Å². The smallest absolute Gasteiger partial charge is 0.163 e. The number of halogens is 3. The van der Waals surface area contributed by atoms with Gasteiger partial charge in [-0.05, 0) is 53.2 Å². The number of nitrogens with zero attached hydrogens (tertiary/aromatic N) is 3. The van der Waals surface area contributed by atoms with Crippen molar-refractivity contribution in [2.45, 2.75) is 6.92 Å². The van der Waals surface area contributed by atoms with E-state index in [1.165, 1.54) is 22.9 Å². The molecule has 0 aliphatic heterocycles. The van der Waals surface area contributed by atoms with Gasteiger partial charge in [0.15, 0.2) is 5.82 Å². The molecule has 1 heterocycles. The second kappa shape index (κ2) is 4.93. The van der Waals surface area contributed by atoms with Crippen LogP contribution in [-0.4, -0.2) is 9.78 Å². The number of hydrogen-bond donors (Lipinski definition) is 0. The van der Waals surface area contributed by atoms with Crippen molar-refractivity contribution in [2.75, 3.05) is 0 Å². The van der Waals surface area contributed by atoms with Crippen molar-refractivity contribution in [2.24, 2.45) is 0 Å². The summed E-state index contributed by atoms with van der Waals surface area (Å²) in [4.78, 5) is 0. The van der Waals surface area contributed by atoms with Gasteiger partial charge in [-0.2, -0.15) is 10.4 Å². The summed E-state index contributed by atoms with van der Waals surface area (Å²) in [5.41, 5.74) is 1.27. The van der Waals surface area contributed by atoms with Gasteiger partial charge in [-0.25, -0.2) is 13.5 Å². The molecule has 0 aliphatic rings.